The van der Waals surface area contributed by atoms with Gasteiger partial charge in [-0.3, -0.25) is 9.59 Å². The highest BCUT2D eigenvalue weighted by Crippen LogP contribution is 2.65. The summed E-state index contributed by atoms with van der Waals surface area (Å²) in [5, 5.41) is 5.61. The number of hydrogen-bond donors (Lipinski definition) is 2. The third-order valence-electron chi connectivity index (χ3n) is 5.28. The number of carbonyl (C=O) groups is 2. The van der Waals surface area contributed by atoms with Gasteiger partial charge in [0.2, 0.25) is 5.91 Å². The van der Waals surface area contributed by atoms with E-state index < -0.39 is 39.6 Å². The quantitative estimate of drug-likeness (QED) is 0.246. The number of rotatable bonds is 5. The standard InChI is InChI=1S/C23H13Cl5F2N2O2/c24-15-7-10(8-16(25)20(15)26)18-19(23(18,27)28)22(34)32-13-5-6-17(30)14(9-13)21(33)31-12-3-1-11(29)2-4-12/h1-9,18-19H,(H,31,33)(H,32,34)/t18-,19+/m1/s1. The highest BCUT2D eigenvalue weighted by Gasteiger charge is 2.67. The Morgan fingerprint density at radius 1 is 0.824 bits per heavy atom. The SMILES string of the molecule is O=C(Nc1ccc(F)cc1)c1cc(NC(=O)[C@@H]2[C@@H](c3cc(Cl)c(Cl)c(Cl)c3)C2(Cl)Cl)ccc1F. The topological polar surface area (TPSA) is 58.2 Å². The van der Waals surface area contributed by atoms with E-state index in [2.05, 4.69) is 10.6 Å². The summed E-state index contributed by atoms with van der Waals surface area (Å²) in [6.07, 6.45) is 0. The average Bonchev–Trinajstić information content (AvgIpc) is 3.36. The van der Waals surface area contributed by atoms with Crippen LogP contribution in [0.3, 0.4) is 0 Å². The third kappa shape index (κ3) is 4.97. The first-order chi connectivity index (χ1) is 16.0. The Hall–Kier alpha value is -2.09. The number of anilines is 2. The monoisotopic (exact) mass is 562 g/mol. The van der Waals surface area contributed by atoms with Gasteiger partial charge in [-0.2, -0.15) is 0 Å². The van der Waals surface area contributed by atoms with E-state index in [1.165, 1.54) is 36.4 Å². The van der Waals surface area contributed by atoms with Crippen molar-refractivity contribution in [2.24, 2.45) is 5.92 Å². The van der Waals surface area contributed by atoms with Crippen molar-refractivity contribution in [2.45, 2.75) is 10.3 Å². The van der Waals surface area contributed by atoms with Gasteiger partial charge in [-0.15, -0.1) is 23.2 Å². The lowest BCUT2D eigenvalue weighted by Crippen LogP contribution is -2.18. The van der Waals surface area contributed by atoms with Crippen LogP contribution in [0.5, 0.6) is 0 Å². The molecule has 1 fully saturated rings. The highest BCUT2D eigenvalue weighted by molar-refractivity contribution is 6.54. The molecule has 34 heavy (non-hydrogen) atoms. The molecule has 0 unspecified atom stereocenters. The zero-order valence-corrected chi connectivity index (χ0v) is 20.6. The lowest BCUT2D eigenvalue weighted by molar-refractivity contribution is -0.117. The Morgan fingerprint density at radius 2 is 1.41 bits per heavy atom. The smallest absolute Gasteiger partial charge is 0.258 e. The first-order valence-electron chi connectivity index (χ1n) is 9.68. The van der Waals surface area contributed by atoms with E-state index in [4.69, 9.17) is 58.0 Å². The van der Waals surface area contributed by atoms with Crippen LogP contribution in [0.1, 0.15) is 21.8 Å². The second kappa shape index (κ2) is 9.51. The molecule has 0 radical (unpaired) electrons. The van der Waals surface area contributed by atoms with Gasteiger partial charge in [0.25, 0.3) is 5.91 Å². The molecule has 4 rings (SSSR count). The Kier molecular flexibility index (Phi) is 7.00. The largest absolute Gasteiger partial charge is 0.326 e. The normalized spacial score (nSPS) is 18.3. The summed E-state index contributed by atoms with van der Waals surface area (Å²) >= 11 is 30.8. The van der Waals surface area contributed by atoms with Crippen LogP contribution in [0.2, 0.25) is 15.1 Å². The molecule has 0 aromatic heterocycles. The molecule has 2 amide bonds. The van der Waals surface area contributed by atoms with Gasteiger partial charge in [-0.05, 0) is 60.2 Å². The minimum atomic E-state index is -1.44. The molecule has 0 heterocycles. The van der Waals surface area contributed by atoms with E-state index in [1.54, 1.807) is 0 Å². The first-order valence-corrected chi connectivity index (χ1v) is 11.6. The fourth-order valence-electron chi connectivity index (χ4n) is 3.55. The van der Waals surface area contributed by atoms with E-state index >= 15 is 0 Å². The van der Waals surface area contributed by atoms with Crippen LogP contribution >= 0.6 is 58.0 Å². The average molecular weight is 565 g/mol. The maximum atomic E-state index is 14.3. The number of alkyl halides is 2. The van der Waals surface area contributed by atoms with Crippen molar-refractivity contribution in [1.82, 2.24) is 0 Å². The van der Waals surface area contributed by atoms with Gasteiger partial charge in [0.1, 0.15) is 16.0 Å². The summed E-state index contributed by atoms with van der Waals surface area (Å²) in [4.78, 5) is 25.4. The molecule has 1 aliphatic rings. The molecule has 2 atom stereocenters. The molecule has 3 aromatic carbocycles. The minimum Gasteiger partial charge on any atom is -0.326 e. The second-order valence-electron chi connectivity index (χ2n) is 7.57. The Morgan fingerprint density at radius 3 is 2.03 bits per heavy atom. The third-order valence-corrected chi connectivity index (χ3v) is 7.42. The van der Waals surface area contributed by atoms with Gasteiger partial charge in [0.15, 0.2) is 0 Å². The number of hydrogen-bond acceptors (Lipinski definition) is 2. The summed E-state index contributed by atoms with van der Waals surface area (Å²) in [6.45, 7) is 0. The number of amides is 2. The van der Waals surface area contributed by atoms with Gasteiger partial charge in [0.05, 0.1) is 26.5 Å². The Balaban J connectivity index is 1.51. The molecular formula is C23H13Cl5F2N2O2. The summed E-state index contributed by atoms with van der Waals surface area (Å²) in [5.74, 6) is -4.11. The maximum Gasteiger partial charge on any atom is 0.258 e. The van der Waals surface area contributed by atoms with E-state index in [0.29, 0.717) is 5.56 Å². The van der Waals surface area contributed by atoms with Crippen molar-refractivity contribution in [3.63, 3.8) is 0 Å². The molecule has 1 saturated carbocycles. The van der Waals surface area contributed by atoms with Gasteiger partial charge < -0.3 is 10.6 Å². The van der Waals surface area contributed by atoms with Gasteiger partial charge >= 0.3 is 0 Å². The molecule has 3 aromatic rings. The summed E-state index contributed by atoms with van der Waals surface area (Å²) in [6, 6.07) is 11.5. The molecule has 4 nitrogen and oxygen atoms in total. The summed E-state index contributed by atoms with van der Waals surface area (Å²) in [7, 11) is 0. The number of benzene rings is 3. The second-order valence-corrected chi connectivity index (χ2v) is 10.2. The molecule has 0 spiro atoms. The molecule has 1 aliphatic carbocycles. The molecule has 2 N–H and O–H groups in total. The summed E-state index contributed by atoms with van der Waals surface area (Å²) in [5.41, 5.74) is 0.629. The van der Waals surface area contributed by atoms with Crippen LogP contribution < -0.4 is 10.6 Å². The zero-order chi connectivity index (χ0) is 24.8. The van der Waals surface area contributed by atoms with Crippen LogP contribution in [0.25, 0.3) is 0 Å². The van der Waals surface area contributed by atoms with Gasteiger partial charge in [-0.1, -0.05) is 34.8 Å². The van der Waals surface area contributed by atoms with Crippen molar-refractivity contribution in [2.75, 3.05) is 10.6 Å². The molecule has 0 aliphatic heterocycles. The molecular weight excluding hydrogens is 552 g/mol. The van der Waals surface area contributed by atoms with Crippen LogP contribution in [0, 0.1) is 17.6 Å². The first kappa shape index (κ1) is 25.0. The maximum absolute atomic E-state index is 14.3. The number of nitrogens with one attached hydrogen (secondary N) is 2. The fourth-order valence-corrected chi connectivity index (χ4v) is 4.99. The van der Waals surface area contributed by atoms with E-state index in [9.17, 15) is 18.4 Å². The van der Waals surface area contributed by atoms with E-state index in [1.807, 2.05) is 0 Å². The predicted octanol–water partition coefficient (Wildman–Crippen LogP) is 7.70. The van der Waals surface area contributed by atoms with Crippen molar-refractivity contribution >= 4 is 81.2 Å². The van der Waals surface area contributed by atoms with Crippen LogP contribution in [-0.2, 0) is 4.79 Å². The van der Waals surface area contributed by atoms with E-state index in [-0.39, 0.29) is 32.0 Å². The van der Waals surface area contributed by atoms with Crippen molar-refractivity contribution < 1.29 is 18.4 Å². The van der Waals surface area contributed by atoms with Crippen LogP contribution in [0.4, 0.5) is 20.2 Å². The van der Waals surface area contributed by atoms with Crippen LogP contribution in [0.15, 0.2) is 54.6 Å². The Bertz CT molecular complexity index is 1280. The number of carbonyl (C=O) groups excluding carboxylic acids is 2. The van der Waals surface area contributed by atoms with Gasteiger partial charge in [-0.25, -0.2) is 8.78 Å². The minimum absolute atomic E-state index is 0.151. The Labute approximate surface area is 218 Å². The zero-order valence-electron chi connectivity index (χ0n) is 16.8. The predicted molar refractivity (Wildman–Crippen MR) is 132 cm³/mol. The van der Waals surface area contributed by atoms with Crippen LogP contribution in [-0.4, -0.2) is 16.1 Å². The van der Waals surface area contributed by atoms with Crippen molar-refractivity contribution in [3.8, 4) is 0 Å². The fraction of sp³-hybridized carbons (Fsp3) is 0.130. The highest BCUT2D eigenvalue weighted by atomic mass is 35.5. The lowest BCUT2D eigenvalue weighted by Gasteiger charge is -2.10. The molecule has 176 valence electrons. The van der Waals surface area contributed by atoms with Crippen molar-refractivity contribution in [1.29, 1.82) is 0 Å². The lowest BCUT2D eigenvalue weighted by atomic mass is 10.1. The molecule has 0 saturated heterocycles. The molecule has 0 bridgehead atoms. The summed E-state index contributed by atoms with van der Waals surface area (Å²) < 4.78 is 25.9. The van der Waals surface area contributed by atoms with Crippen molar-refractivity contribution in [3.05, 3.63) is 92.4 Å². The van der Waals surface area contributed by atoms with E-state index in [0.717, 1.165) is 18.2 Å². The molecule has 11 heteroatoms. The number of halogens is 7. The van der Waals surface area contributed by atoms with Gasteiger partial charge in [0, 0.05) is 17.3 Å².